The Balaban J connectivity index is 1.97. The first kappa shape index (κ1) is 15.7. The lowest BCUT2D eigenvalue weighted by atomic mass is 10.2. The summed E-state index contributed by atoms with van der Waals surface area (Å²) >= 11 is 0. The van der Waals surface area contributed by atoms with Crippen molar-refractivity contribution in [2.24, 2.45) is 5.10 Å². The number of para-hydroxylation sites is 1. The van der Waals surface area contributed by atoms with E-state index in [1.165, 1.54) is 18.3 Å². The van der Waals surface area contributed by atoms with Crippen LogP contribution in [0.15, 0.2) is 53.6 Å². The van der Waals surface area contributed by atoms with Gasteiger partial charge in [0.1, 0.15) is 11.5 Å². The summed E-state index contributed by atoms with van der Waals surface area (Å²) in [5.41, 5.74) is 3.88. The van der Waals surface area contributed by atoms with Crippen LogP contribution in [0.1, 0.15) is 5.56 Å². The first-order valence-corrected chi connectivity index (χ1v) is 6.31. The van der Waals surface area contributed by atoms with Crippen molar-refractivity contribution in [3.8, 4) is 11.5 Å². The van der Waals surface area contributed by atoms with E-state index in [4.69, 9.17) is 0 Å². The fourth-order valence-electron chi connectivity index (χ4n) is 1.58. The van der Waals surface area contributed by atoms with Crippen LogP contribution in [0.2, 0.25) is 0 Å². The van der Waals surface area contributed by atoms with Crippen molar-refractivity contribution in [1.82, 2.24) is 0 Å². The highest BCUT2D eigenvalue weighted by molar-refractivity contribution is 5.84. The quantitative estimate of drug-likeness (QED) is 0.653. The van der Waals surface area contributed by atoms with Gasteiger partial charge in [0.15, 0.2) is 6.61 Å². The summed E-state index contributed by atoms with van der Waals surface area (Å²) in [6.45, 7) is -1.41. The zero-order chi connectivity index (χ0) is 16.0. The van der Waals surface area contributed by atoms with E-state index in [9.17, 15) is 18.3 Å². The molecule has 0 radical (unpaired) electrons. The van der Waals surface area contributed by atoms with Crippen LogP contribution in [0.25, 0.3) is 0 Å². The average Bonchev–Trinajstić information content (AvgIpc) is 2.47. The van der Waals surface area contributed by atoms with E-state index >= 15 is 0 Å². The lowest BCUT2D eigenvalue weighted by molar-refractivity contribution is -0.153. The highest BCUT2D eigenvalue weighted by Crippen LogP contribution is 2.24. The zero-order valence-corrected chi connectivity index (χ0v) is 11.3. The lowest BCUT2D eigenvalue weighted by Crippen LogP contribution is -2.19. The van der Waals surface area contributed by atoms with E-state index in [1.54, 1.807) is 0 Å². The Morgan fingerprint density at radius 2 is 1.86 bits per heavy atom. The molecule has 4 nitrogen and oxygen atoms in total. The highest BCUT2D eigenvalue weighted by Gasteiger charge is 2.28. The summed E-state index contributed by atoms with van der Waals surface area (Å²) in [6, 6.07) is 13.0. The third-order valence-corrected chi connectivity index (χ3v) is 2.58. The van der Waals surface area contributed by atoms with Gasteiger partial charge in [-0.05, 0) is 24.3 Å². The van der Waals surface area contributed by atoms with Gasteiger partial charge in [0.05, 0.1) is 11.9 Å². The second-order valence-corrected chi connectivity index (χ2v) is 4.36. The molecule has 0 saturated carbocycles. The number of aromatic hydroxyl groups is 1. The van der Waals surface area contributed by atoms with Gasteiger partial charge in [0, 0.05) is 11.6 Å². The number of benzene rings is 2. The lowest BCUT2D eigenvalue weighted by Gasteiger charge is -2.09. The molecule has 2 aromatic carbocycles. The minimum atomic E-state index is -4.42. The Labute approximate surface area is 124 Å². The van der Waals surface area contributed by atoms with Crippen LogP contribution < -0.4 is 10.2 Å². The molecule has 0 aliphatic rings. The van der Waals surface area contributed by atoms with E-state index in [0.29, 0.717) is 5.56 Å². The molecule has 0 spiro atoms. The number of anilines is 1. The van der Waals surface area contributed by atoms with Gasteiger partial charge < -0.3 is 9.84 Å². The molecule has 0 unspecified atom stereocenters. The Morgan fingerprint density at radius 1 is 1.14 bits per heavy atom. The topological polar surface area (TPSA) is 53.9 Å². The van der Waals surface area contributed by atoms with Gasteiger partial charge >= 0.3 is 6.18 Å². The SMILES string of the molecule is Oc1cc(OCC(F)(F)F)ccc1C=NNc1ccccc1. The van der Waals surface area contributed by atoms with Gasteiger partial charge in [0.2, 0.25) is 0 Å². The van der Waals surface area contributed by atoms with Crippen LogP contribution in [-0.4, -0.2) is 24.1 Å². The molecule has 0 atom stereocenters. The van der Waals surface area contributed by atoms with E-state index in [-0.39, 0.29) is 11.5 Å². The number of ether oxygens (including phenoxy) is 1. The standard InChI is InChI=1S/C15H13F3N2O2/c16-15(17,18)10-22-13-7-6-11(14(21)8-13)9-19-20-12-4-2-1-3-5-12/h1-9,20-21H,10H2. The van der Waals surface area contributed by atoms with E-state index in [1.807, 2.05) is 30.3 Å². The van der Waals surface area contributed by atoms with Crippen LogP contribution in [0, 0.1) is 0 Å². The third-order valence-electron chi connectivity index (χ3n) is 2.58. The smallest absolute Gasteiger partial charge is 0.422 e. The molecule has 2 aromatic rings. The van der Waals surface area contributed by atoms with E-state index in [2.05, 4.69) is 15.3 Å². The monoisotopic (exact) mass is 310 g/mol. The van der Waals surface area contributed by atoms with Crippen molar-refractivity contribution in [1.29, 1.82) is 0 Å². The molecule has 0 bridgehead atoms. The molecule has 2 N–H and O–H groups in total. The summed E-state index contributed by atoms with van der Waals surface area (Å²) in [5, 5.41) is 13.7. The molecule has 0 heterocycles. The summed E-state index contributed by atoms with van der Waals surface area (Å²) < 4.78 is 40.6. The second-order valence-electron chi connectivity index (χ2n) is 4.36. The number of hydrogen-bond donors (Lipinski definition) is 2. The number of nitrogens with zero attached hydrogens (tertiary/aromatic N) is 1. The minimum Gasteiger partial charge on any atom is -0.507 e. The van der Waals surface area contributed by atoms with Gasteiger partial charge in [-0.1, -0.05) is 18.2 Å². The molecule has 0 aromatic heterocycles. The predicted molar refractivity (Wildman–Crippen MR) is 77.3 cm³/mol. The molecule has 0 amide bonds. The fourth-order valence-corrected chi connectivity index (χ4v) is 1.58. The largest absolute Gasteiger partial charge is 0.507 e. The van der Waals surface area contributed by atoms with Gasteiger partial charge in [-0.3, -0.25) is 5.43 Å². The van der Waals surface area contributed by atoms with Crippen LogP contribution >= 0.6 is 0 Å². The Hall–Kier alpha value is -2.70. The van der Waals surface area contributed by atoms with Crippen LogP contribution in [0.4, 0.5) is 18.9 Å². The number of hydrogen-bond acceptors (Lipinski definition) is 4. The van der Waals surface area contributed by atoms with Crippen molar-refractivity contribution in [2.45, 2.75) is 6.18 Å². The summed E-state index contributed by atoms with van der Waals surface area (Å²) in [6.07, 6.45) is -3.06. The van der Waals surface area contributed by atoms with Crippen LogP contribution in [0.5, 0.6) is 11.5 Å². The molecule has 2 rings (SSSR count). The third kappa shape index (κ3) is 5.01. The maximum atomic E-state index is 12.0. The Morgan fingerprint density at radius 3 is 2.50 bits per heavy atom. The molecular formula is C15H13F3N2O2. The molecular weight excluding hydrogens is 297 g/mol. The van der Waals surface area contributed by atoms with Gasteiger partial charge in [-0.15, -0.1) is 0 Å². The fraction of sp³-hybridized carbons (Fsp3) is 0.133. The first-order chi connectivity index (χ1) is 10.4. The minimum absolute atomic E-state index is 0.0667. The van der Waals surface area contributed by atoms with E-state index in [0.717, 1.165) is 11.8 Å². The number of nitrogens with one attached hydrogen (secondary N) is 1. The number of hydrazone groups is 1. The van der Waals surface area contributed by atoms with Crippen molar-refractivity contribution in [3.63, 3.8) is 0 Å². The summed E-state index contributed by atoms with van der Waals surface area (Å²) in [4.78, 5) is 0. The predicted octanol–water partition coefficient (Wildman–Crippen LogP) is 3.78. The molecule has 0 aliphatic carbocycles. The highest BCUT2D eigenvalue weighted by atomic mass is 19.4. The molecule has 22 heavy (non-hydrogen) atoms. The van der Waals surface area contributed by atoms with Crippen molar-refractivity contribution in [2.75, 3.05) is 12.0 Å². The number of rotatable bonds is 5. The zero-order valence-electron chi connectivity index (χ0n) is 11.3. The normalized spacial score (nSPS) is 11.6. The van der Waals surface area contributed by atoms with E-state index < -0.39 is 12.8 Å². The van der Waals surface area contributed by atoms with Crippen molar-refractivity contribution >= 4 is 11.9 Å². The van der Waals surface area contributed by atoms with Gasteiger partial charge in [0.25, 0.3) is 0 Å². The average molecular weight is 310 g/mol. The maximum absolute atomic E-state index is 12.0. The molecule has 0 saturated heterocycles. The van der Waals surface area contributed by atoms with Crippen molar-refractivity contribution in [3.05, 3.63) is 54.1 Å². The van der Waals surface area contributed by atoms with Gasteiger partial charge in [-0.25, -0.2) is 0 Å². The summed E-state index contributed by atoms with van der Waals surface area (Å²) in [7, 11) is 0. The second kappa shape index (κ2) is 6.84. The summed E-state index contributed by atoms with van der Waals surface area (Å²) in [5.74, 6) is -0.290. The van der Waals surface area contributed by atoms with Crippen LogP contribution in [-0.2, 0) is 0 Å². The molecule has 0 aliphatic heterocycles. The maximum Gasteiger partial charge on any atom is 0.422 e. The molecule has 0 fully saturated rings. The number of halogens is 3. The molecule has 7 heteroatoms. The van der Waals surface area contributed by atoms with Gasteiger partial charge in [-0.2, -0.15) is 18.3 Å². The number of phenols is 1. The number of alkyl halides is 3. The van der Waals surface area contributed by atoms with Crippen molar-refractivity contribution < 1.29 is 23.0 Å². The number of phenolic OH excluding ortho intramolecular Hbond substituents is 1. The Bertz CT molecular complexity index is 643. The molecule has 116 valence electrons. The Kier molecular flexibility index (Phi) is 4.88. The van der Waals surface area contributed by atoms with Crippen LogP contribution in [0.3, 0.4) is 0 Å². The first-order valence-electron chi connectivity index (χ1n) is 6.31.